The molecule has 0 aromatic heterocycles. The molecule has 5 nitrogen and oxygen atoms in total. The SMILES string of the molecule is CC(C)[C@@]12/C=C/[C@@](C)(O)C/C=C\[C@](C)(OO)CC/C=C(\CC1)C(=O)O2. The second-order valence-electron chi connectivity index (χ2n) is 7.97. The highest BCUT2D eigenvalue weighted by Crippen LogP contribution is 2.37. The zero-order valence-corrected chi connectivity index (χ0v) is 15.6. The molecule has 3 atom stereocenters. The van der Waals surface area contributed by atoms with Gasteiger partial charge in [-0.3, -0.25) is 5.26 Å². The third kappa shape index (κ3) is 4.81. The molecule has 0 unspecified atom stereocenters. The Kier molecular flexibility index (Phi) is 5.92. The fourth-order valence-corrected chi connectivity index (χ4v) is 3.25. The summed E-state index contributed by atoms with van der Waals surface area (Å²) in [5, 5.41) is 19.8. The van der Waals surface area contributed by atoms with Gasteiger partial charge in [-0.05, 0) is 57.9 Å². The first-order valence-corrected chi connectivity index (χ1v) is 8.97. The molecule has 0 aromatic rings. The van der Waals surface area contributed by atoms with Crippen LogP contribution in [0.5, 0.6) is 0 Å². The van der Waals surface area contributed by atoms with E-state index < -0.39 is 16.8 Å². The van der Waals surface area contributed by atoms with E-state index in [-0.39, 0.29) is 11.9 Å². The number of fused-ring (bicyclic) bond motifs is 9. The van der Waals surface area contributed by atoms with Crippen molar-refractivity contribution in [1.29, 1.82) is 0 Å². The molecule has 3 aliphatic rings. The van der Waals surface area contributed by atoms with E-state index in [1.807, 2.05) is 32.1 Å². The van der Waals surface area contributed by atoms with E-state index in [0.29, 0.717) is 37.7 Å². The largest absolute Gasteiger partial charge is 0.451 e. The summed E-state index contributed by atoms with van der Waals surface area (Å²) < 4.78 is 5.81. The fourth-order valence-electron chi connectivity index (χ4n) is 3.25. The lowest BCUT2D eigenvalue weighted by atomic mass is 9.80. The summed E-state index contributed by atoms with van der Waals surface area (Å²) in [6, 6.07) is 0. The summed E-state index contributed by atoms with van der Waals surface area (Å²) in [5.41, 5.74) is -1.96. The molecule has 2 aliphatic heterocycles. The zero-order chi connectivity index (χ0) is 18.7. The molecule has 140 valence electrons. The number of carbonyl (C=O) groups is 1. The predicted octanol–water partition coefficient (Wildman–Crippen LogP) is 3.94. The number of aliphatic hydroxyl groups is 1. The number of allylic oxidation sites excluding steroid dienone is 1. The summed E-state index contributed by atoms with van der Waals surface area (Å²) in [7, 11) is 0. The van der Waals surface area contributed by atoms with Gasteiger partial charge < -0.3 is 9.84 Å². The Morgan fingerprint density at radius 3 is 2.52 bits per heavy atom. The quantitative estimate of drug-likeness (QED) is 0.341. The number of hydrogen-bond acceptors (Lipinski definition) is 5. The molecule has 5 heteroatoms. The van der Waals surface area contributed by atoms with Crippen molar-refractivity contribution in [2.24, 2.45) is 5.92 Å². The molecule has 2 N–H and O–H groups in total. The molecule has 3 rings (SSSR count). The lowest BCUT2D eigenvalue weighted by Gasteiger charge is -2.39. The Labute approximate surface area is 149 Å². The lowest BCUT2D eigenvalue weighted by Crippen LogP contribution is -2.43. The van der Waals surface area contributed by atoms with E-state index in [1.165, 1.54) is 0 Å². The second kappa shape index (κ2) is 7.44. The molecular weight excluding hydrogens is 320 g/mol. The molecule has 1 fully saturated rings. The third-order valence-electron chi connectivity index (χ3n) is 5.27. The van der Waals surface area contributed by atoms with Crippen LogP contribution in [0.15, 0.2) is 36.0 Å². The number of ether oxygens (including phenoxy) is 1. The smallest absolute Gasteiger partial charge is 0.334 e. The summed E-state index contributed by atoms with van der Waals surface area (Å²) in [5.74, 6) is -0.192. The van der Waals surface area contributed by atoms with E-state index in [2.05, 4.69) is 4.89 Å². The van der Waals surface area contributed by atoms with Gasteiger partial charge in [0.15, 0.2) is 0 Å². The van der Waals surface area contributed by atoms with Gasteiger partial charge >= 0.3 is 5.97 Å². The number of rotatable bonds is 2. The minimum absolute atomic E-state index is 0.111. The normalized spacial score (nSPS) is 41.6. The van der Waals surface area contributed by atoms with Gasteiger partial charge in [-0.1, -0.05) is 38.2 Å². The monoisotopic (exact) mass is 350 g/mol. The molecule has 1 aliphatic carbocycles. The molecule has 0 amide bonds. The maximum atomic E-state index is 12.5. The van der Waals surface area contributed by atoms with Crippen molar-refractivity contribution < 1.29 is 24.8 Å². The molecule has 0 aromatic carbocycles. The first-order valence-electron chi connectivity index (χ1n) is 8.97. The Hall–Kier alpha value is -1.43. The summed E-state index contributed by atoms with van der Waals surface area (Å²) in [6.07, 6.45) is 11.8. The number of hydrogen-bond donors (Lipinski definition) is 2. The Balaban J connectivity index is 2.40. The van der Waals surface area contributed by atoms with Gasteiger partial charge in [-0.15, -0.1) is 0 Å². The van der Waals surface area contributed by atoms with Gasteiger partial charge in [0.2, 0.25) is 0 Å². The average molecular weight is 350 g/mol. The van der Waals surface area contributed by atoms with Crippen LogP contribution in [0.4, 0.5) is 0 Å². The zero-order valence-electron chi connectivity index (χ0n) is 15.6. The standard InChI is InChI=1S/C20H30O5/c1-15(2)20-12-8-16(17(21)24-20)7-5-10-19(4,25-23)11-6-9-18(3,22)13-14-20/h6-7,11,13-15,22-23H,5,8-10,12H2,1-4H3/b11-6-,14-13+,16-7+/t18-,19+,20-/m0/s1. The molecule has 0 spiro atoms. The minimum atomic E-state index is -1.08. The molecular formula is C20H30O5. The van der Waals surface area contributed by atoms with Crippen LogP contribution in [0, 0.1) is 5.92 Å². The van der Waals surface area contributed by atoms with Crippen LogP contribution in [-0.2, 0) is 14.4 Å². The Bertz CT molecular complexity index is 587. The van der Waals surface area contributed by atoms with E-state index >= 15 is 0 Å². The van der Waals surface area contributed by atoms with Gasteiger partial charge in [0.05, 0.1) is 5.60 Å². The first kappa shape index (κ1) is 19.9. The van der Waals surface area contributed by atoms with Gasteiger partial charge in [-0.2, -0.15) is 0 Å². The minimum Gasteiger partial charge on any atom is -0.451 e. The number of esters is 1. The molecule has 0 saturated carbocycles. The van der Waals surface area contributed by atoms with Crippen molar-refractivity contribution in [1.82, 2.24) is 0 Å². The van der Waals surface area contributed by atoms with Crippen molar-refractivity contribution in [3.05, 3.63) is 36.0 Å². The maximum Gasteiger partial charge on any atom is 0.334 e. The van der Waals surface area contributed by atoms with Crippen molar-refractivity contribution in [3.63, 3.8) is 0 Å². The Morgan fingerprint density at radius 2 is 1.92 bits per heavy atom. The van der Waals surface area contributed by atoms with Gasteiger partial charge in [0.1, 0.15) is 11.2 Å². The molecule has 0 radical (unpaired) electrons. The predicted molar refractivity (Wildman–Crippen MR) is 95.9 cm³/mol. The third-order valence-corrected chi connectivity index (χ3v) is 5.27. The van der Waals surface area contributed by atoms with Crippen LogP contribution >= 0.6 is 0 Å². The van der Waals surface area contributed by atoms with E-state index in [1.54, 1.807) is 26.0 Å². The van der Waals surface area contributed by atoms with Crippen LogP contribution in [0.3, 0.4) is 0 Å². The maximum absolute atomic E-state index is 12.5. The first-order chi connectivity index (χ1) is 11.6. The summed E-state index contributed by atoms with van der Waals surface area (Å²) in [6.45, 7) is 7.52. The molecule has 25 heavy (non-hydrogen) atoms. The van der Waals surface area contributed by atoms with Crippen LogP contribution in [0.1, 0.15) is 59.8 Å². The number of carbonyl (C=O) groups excluding carboxylic acids is 1. The molecule has 1 saturated heterocycles. The van der Waals surface area contributed by atoms with E-state index in [0.717, 1.165) is 0 Å². The lowest BCUT2D eigenvalue weighted by molar-refractivity contribution is -0.303. The van der Waals surface area contributed by atoms with Crippen molar-refractivity contribution in [3.8, 4) is 0 Å². The summed E-state index contributed by atoms with van der Waals surface area (Å²) in [4.78, 5) is 17.1. The van der Waals surface area contributed by atoms with Gasteiger partial charge in [0.25, 0.3) is 0 Å². The van der Waals surface area contributed by atoms with Crippen LogP contribution in [0.2, 0.25) is 0 Å². The van der Waals surface area contributed by atoms with Crippen molar-refractivity contribution in [2.75, 3.05) is 0 Å². The van der Waals surface area contributed by atoms with E-state index in [9.17, 15) is 15.2 Å². The second-order valence-corrected chi connectivity index (χ2v) is 7.97. The van der Waals surface area contributed by atoms with Crippen LogP contribution in [-0.4, -0.2) is 33.1 Å². The topological polar surface area (TPSA) is 76.0 Å². The van der Waals surface area contributed by atoms with Gasteiger partial charge in [0, 0.05) is 5.57 Å². The van der Waals surface area contributed by atoms with Crippen LogP contribution in [0.25, 0.3) is 0 Å². The Morgan fingerprint density at radius 1 is 1.20 bits per heavy atom. The highest BCUT2D eigenvalue weighted by atomic mass is 17.1. The molecule has 2 bridgehead atoms. The fraction of sp³-hybridized carbons (Fsp3) is 0.650. The van der Waals surface area contributed by atoms with Crippen molar-refractivity contribution in [2.45, 2.75) is 76.6 Å². The highest BCUT2D eigenvalue weighted by Gasteiger charge is 2.40. The average Bonchev–Trinajstić information content (AvgIpc) is 2.54. The summed E-state index contributed by atoms with van der Waals surface area (Å²) >= 11 is 0. The molecule has 2 heterocycles. The van der Waals surface area contributed by atoms with Crippen molar-refractivity contribution >= 4 is 5.97 Å². The van der Waals surface area contributed by atoms with Crippen LogP contribution < -0.4 is 0 Å². The van der Waals surface area contributed by atoms with Gasteiger partial charge in [-0.25, -0.2) is 9.68 Å². The highest BCUT2D eigenvalue weighted by molar-refractivity contribution is 5.89. The van der Waals surface area contributed by atoms with E-state index in [4.69, 9.17) is 4.74 Å².